The van der Waals surface area contributed by atoms with Gasteiger partial charge in [-0.25, -0.2) is 9.97 Å². The fourth-order valence-corrected chi connectivity index (χ4v) is 2.73. The van der Waals surface area contributed by atoms with Gasteiger partial charge in [-0.3, -0.25) is 4.79 Å². The van der Waals surface area contributed by atoms with Gasteiger partial charge in [-0.05, 0) is 38.3 Å². The fraction of sp³-hybridized carbons (Fsp3) is 0.353. The Hall–Kier alpha value is -2.43. The van der Waals surface area contributed by atoms with Crippen molar-refractivity contribution in [2.45, 2.75) is 32.7 Å². The molecule has 2 heterocycles. The Morgan fingerprint density at radius 1 is 1.27 bits per heavy atom. The van der Waals surface area contributed by atoms with Crippen LogP contribution in [0, 0.1) is 0 Å². The molecule has 1 amide bonds. The summed E-state index contributed by atoms with van der Waals surface area (Å²) in [6.45, 7) is 4.76. The first kappa shape index (κ1) is 14.5. The number of aryl methyl sites for hydroxylation is 1. The molecule has 1 aromatic heterocycles. The van der Waals surface area contributed by atoms with Gasteiger partial charge in [0.05, 0.1) is 0 Å². The standard InChI is InChI=1S/C17H20N4O/c1-12(2)20-17(22)14-10-16(19-11-18-14)21-9-5-7-13-6-3-4-8-15(13)21/h3-4,6,8,10-12H,5,7,9H2,1-2H3,(H,20,22). The number of anilines is 2. The van der Waals surface area contributed by atoms with Crippen LogP contribution in [0.15, 0.2) is 36.7 Å². The second-order valence-corrected chi connectivity index (χ2v) is 5.77. The molecule has 3 rings (SSSR count). The van der Waals surface area contributed by atoms with Gasteiger partial charge in [-0.2, -0.15) is 0 Å². The highest BCUT2D eigenvalue weighted by molar-refractivity contribution is 5.93. The molecular weight excluding hydrogens is 276 g/mol. The zero-order valence-corrected chi connectivity index (χ0v) is 12.9. The number of fused-ring (bicyclic) bond motifs is 1. The second kappa shape index (κ2) is 6.13. The Kier molecular flexibility index (Phi) is 4.04. The lowest BCUT2D eigenvalue weighted by molar-refractivity contribution is 0.0938. The first-order valence-electron chi connectivity index (χ1n) is 7.63. The van der Waals surface area contributed by atoms with Crippen molar-refractivity contribution in [2.75, 3.05) is 11.4 Å². The minimum Gasteiger partial charge on any atom is -0.349 e. The lowest BCUT2D eigenvalue weighted by Gasteiger charge is -2.30. The molecule has 1 aliphatic rings. The number of rotatable bonds is 3. The summed E-state index contributed by atoms with van der Waals surface area (Å²) >= 11 is 0. The average molecular weight is 296 g/mol. The van der Waals surface area contributed by atoms with E-state index in [1.807, 2.05) is 19.9 Å². The molecule has 0 atom stereocenters. The normalized spacial score (nSPS) is 13.9. The molecule has 0 spiro atoms. The van der Waals surface area contributed by atoms with Crippen LogP contribution in [0.5, 0.6) is 0 Å². The summed E-state index contributed by atoms with van der Waals surface area (Å²) in [5.74, 6) is 0.611. The molecule has 2 aromatic rings. The molecule has 5 heteroatoms. The first-order valence-corrected chi connectivity index (χ1v) is 7.63. The monoisotopic (exact) mass is 296 g/mol. The van der Waals surface area contributed by atoms with Crippen molar-refractivity contribution < 1.29 is 4.79 Å². The van der Waals surface area contributed by atoms with Gasteiger partial charge in [0.1, 0.15) is 17.8 Å². The fourth-order valence-electron chi connectivity index (χ4n) is 2.73. The minimum absolute atomic E-state index is 0.0848. The predicted octanol–water partition coefficient (Wildman–Crippen LogP) is 2.70. The molecule has 0 unspecified atom stereocenters. The Bertz CT molecular complexity index is 684. The van der Waals surface area contributed by atoms with E-state index in [9.17, 15) is 4.79 Å². The van der Waals surface area contributed by atoms with Gasteiger partial charge in [0.2, 0.25) is 0 Å². The van der Waals surface area contributed by atoms with Crippen molar-refractivity contribution in [1.29, 1.82) is 0 Å². The van der Waals surface area contributed by atoms with E-state index in [1.54, 1.807) is 6.07 Å². The van der Waals surface area contributed by atoms with Crippen LogP contribution in [0.4, 0.5) is 11.5 Å². The van der Waals surface area contributed by atoms with E-state index in [4.69, 9.17) is 0 Å². The number of nitrogens with one attached hydrogen (secondary N) is 1. The summed E-state index contributed by atoms with van der Waals surface area (Å²) in [5, 5.41) is 2.86. The summed E-state index contributed by atoms with van der Waals surface area (Å²) in [6.07, 6.45) is 3.62. The Labute approximate surface area is 130 Å². The Morgan fingerprint density at radius 3 is 2.91 bits per heavy atom. The van der Waals surface area contributed by atoms with Crippen LogP contribution < -0.4 is 10.2 Å². The summed E-state index contributed by atoms with van der Waals surface area (Å²) in [4.78, 5) is 22.7. The van der Waals surface area contributed by atoms with Gasteiger partial charge in [-0.15, -0.1) is 0 Å². The average Bonchev–Trinajstić information content (AvgIpc) is 2.54. The van der Waals surface area contributed by atoms with Crippen molar-refractivity contribution in [3.05, 3.63) is 47.9 Å². The molecule has 0 bridgehead atoms. The number of nitrogens with zero attached hydrogens (tertiary/aromatic N) is 3. The van der Waals surface area contributed by atoms with E-state index in [1.165, 1.54) is 17.6 Å². The first-order chi connectivity index (χ1) is 10.6. The Morgan fingerprint density at radius 2 is 2.09 bits per heavy atom. The number of para-hydroxylation sites is 1. The number of hydrogen-bond donors (Lipinski definition) is 1. The Balaban J connectivity index is 1.92. The van der Waals surface area contributed by atoms with Gasteiger partial charge in [-0.1, -0.05) is 18.2 Å². The molecule has 1 aromatic carbocycles. The zero-order chi connectivity index (χ0) is 15.5. The predicted molar refractivity (Wildman–Crippen MR) is 86.4 cm³/mol. The zero-order valence-electron chi connectivity index (χ0n) is 12.9. The second-order valence-electron chi connectivity index (χ2n) is 5.77. The quantitative estimate of drug-likeness (QED) is 0.946. The number of amides is 1. The molecule has 0 fully saturated rings. The number of carbonyl (C=O) groups is 1. The number of benzene rings is 1. The van der Waals surface area contributed by atoms with Gasteiger partial charge in [0.25, 0.3) is 5.91 Å². The third-order valence-electron chi connectivity index (χ3n) is 3.69. The summed E-state index contributed by atoms with van der Waals surface area (Å²) in [6, 6.07) is 10.2. The smallest absolute Gasteiger partial charge is 0.270 e. The number of aromatic nitrogens is 2. The van der Waals surface area contributed by atoms with Crippen LogP contribution in [0.1, 0.15) is 36.3 Å². The molecule has 0 saturated carbocycles. The van der Waals surface area contributed by atoms with Crippen LogP contribution in [0.2, 0.25) is 0 Å². The lowest BCUT2D eigenvalue weighted by atomic mass is 10.0. The van der Waals surface area contributed by atoms with Crippen molar-refractivity contribution in [1.82, 2.24) is 15.3 Å². The van der Waals surface area contributed by atoms with E-state index in [0.717, 1.165) is 25.2 Å². The van der Waals surface area contributed by atoms with Crippen molar-refractivity contribution in [2.24, 2.45) is 0 Å². The van der Waals surface area contributed by atoms with Crippen LogP contribution in [-0.4, -0.2) is 28.5 Å². The van der Waals surface area contributed by atoms with Crippen LogP contribution in [-0.2, 0) is 6.42 Å². The maximum absolute atomic E-state index is 12.1. The molecule has 0 saturated heterocycles. The minimum atomic E-state index is -0.163. The van der Waals surface area contributed by atoms with Gasteiger partial charge < -0.3 is 10.2 Å². The highest BCUT2D eigenvalue weighted by atomic mass is 16.1. The number of hydrogen-bond acceptors (Lipinski definition) is 4. The van der Waals surface area contributed by atoms with Crippen LogP contribution >= 0.6 is 0 Å². The van der Waals surface area contributed by atoms with E-state index in [0.29, 0.717) is 5.69 Å². The molecule has 0 aliphatic carbocycles. The maximum Gasteiger partial charge on any atom is 0.270 e. The maximum atomic E-state index is 12.1. The summed E-state index contributed by atoms with van der Waals surface area (Å²) in [7, 11) is 0. The largest absolute Gasteiger partial charge is 0.349 e. The van der Waals surface area contributed by atoms with Crippen molar-refractivity contribution >= 4 is 17.4 Å². The lowest BCUT2D eigenvalue weighted by Crippen LogP contribution is -2.31. The van der Waals surface area contributed by atoms with Gasteiger partial charge in [0.15, 0.2) is 0 Å². The molecule has 1 aliphatic heterocycles. The third-order valence-corrected chi connectivity index (χ3v) is 3.69. The molecule has 114 valence electrons. The highest BCUT2D eigenvalue weighted by Gasteiger charge is 2.20. The molecule has 5 nitrogen and oxygen atoms in total. The van der Waals surface area contributed by atoms with Crippen molar-refractivity contribution in [3.8, 4) is 0 Å². The molecule has 0 radical (unpaired) electrons. The van der Waals surface area contributed by atoms with Crippen LogP contribution in [0.25, 0.3) is 0 Å². The van der Waals surface area contributed by atoms with E-state index >= 15 is 0 Å². The third kappa shape index (κ3) is 2.93. The molecule has 1 N–H and O–H groups in total. The van der Waals surface area contributed by atoms with E-state index < -0.39 is 0 Å². The molecular formula is C17H20N4O. The highest BCUT2D eigenvalue weighted by Crippen LogP contribution is 2.32. The topological polar surface area (TPSA) is 58.1 Å². The summed E-state index contributed by atoms with van der Waals surface area (Å²) < 4.78 is 0. The molecule has 22 heavy (non-hydrogen) atoms. The summed E-state index contributed by atoms with van der Waals surface area (Å²) in [5.41, 5.74) is 2.89. The van der Waals surface area contributed by atoms with Crippen LogP contribution in [0.3, 0.4) is 0 Å². The van der Waals surface area contributed by atoms with Gasteiger partial charge >= 0.3 is 0 Å². The van der Waals surface area contributed by atoms with Gasteiger partial charge in [0, 0.05) is 24.3 Å². The van der Waals surface area contributed by atoms with E-state index in [2.05, 4.69) is 38.4 Å². The van der Waals surface area contributed by atoms with Crippen molar-refractivity contribution in [3.63, 3.8) is 0 Å². The van der Waals surface area contributed by atoms with E-state index in [-0.39, 0.29) is 11.9 Å². The number of carbonyl (C=O) groups excluding carboxylic acids is 1. The SMILES string of the molecule is CC(C)NC(=O)c1cc(N2CCCc3ccccc32)ncn1.